The maximum absolute atomic E-state index is 11.4. The summed E-state index contributed by atoms with van der Waals surface area (Å²) < 4.78 is 33.2. The Balaban J connectivity index is 1.91. The molecule has 1 aromatic rings. The second kappa shape index (κ2) is 6.45. The third-order valence-electron chi connectivity index (χ3n) is 3.60. The zero-order valence-corrected chi connectivity index (χ0v) is 12.7. The molecule has 1 aliphatic heterocycles. The predicted octanol–water partition coefficient (Wildman–Crippen LogP) is 1.37. The first kappa shape index (κ1) is 15.1. The van der Waals surface area contributed by atoms with Crippen molar-refractivity contribution in [1.82, 2.24) is 5.32 Å². The van der Waals surface area contributed by atoms with Gasteiger partial charge < -0.3 is 14.8 Å². The van der Waals surface area contributed by atoms with E-state index < -0.39 is 9.84 Å². The number of ether oxygens (including phenoxy) is 2. The zero-order valence-electron chi connectivity index (χ0n) is 11.9. The van der Waals surface area contributed by atoms with E-state index in [1.165, 1.54) is 0 Å². The molecule has 0 aromatic heterocycles. The molecule has 1 aliphatic rings. The number of hydrogen-bond donors (Lipinski definition) is 1. The quantitative estimate of drug-likeness (QED) is 0.889. The molecule has 20 heavy (non-hydrogen) atoms. The van der Waals surface area contributed by atoms with Crippen molar-refractivity contribution in [3.05, 3.63) is 23.8 Å². The van der Waals surface area contributed by atoms with E-state index in [4.69, 9.17) is 9.47 Å². The van der Waals surface area contributed by atoms with Crippen LogP contribution in [0.1, 0.15) is 18.4 Å². The summed E-state index contributed by atoms with van der Waals surface area (Å²) in [5.74, 6) is 1.99. The van der Waals surface area contributed by atoms with Gasteiger partial charge in [0.1, 0.15) is 9.84 Å². The molecule has 0 amide bonds. The molecule has 1 heterocycles. The van der Waals surface area contributed by atoms with Gasteiger partial charge in [-0.3, -0.25) is 0 Å². The van der Waals surface area contributed by atoms with Crippen molar-refractivity contribution < 1.29 is 17.9 Å². The molecule has 0 saturated carbocycles. The normalized spacial score (nSPS) is 18.7. The highest BCUT2D eigenvalue weighted by Gasteiger charge is 2.23. The predicted molar refractivity (Wildman–Crippen MR) is 78.1 cm³/mol. The number of methoxy groups -OCH3 is 2. The largest absolute Gasteiger partial charge is 0.493 e. The molecule has 0 aliphatic carbocycles. The Hall–Kier alpha value is -1.27. The van der Waals surface area contributed by atoms with Crippen LogP contribution >= 0.6 is 0 Å². The molecular formula is C14H21NO4S. The van der Waals surface area contributed by atoms with Crippen LogP contribution in [0.5, 0.6) is 11.5 Å². The molecule has 0 atom stereocenters. The third kappa shape index (κ3) is 3.86. The summed E-state index contributed by atoms with van der Waals surface area (Å²) in [5.41, 5.74) is 1.09. The molecule has 0 unspecified atom stereocenters. The molecule has 0 spiro atoms. The van der Waals surface area contributed by atoms with Crippen LogP contribution in [0.25, 0.3) is 0 Å². The van der Waals surface area contributed by atoms with Crippen molar-refractivity contribution in [2.75, 3.05) is 25.7 Å². The van der Waals surface area contributed by atoms with Crippen molar-refractivity contribution in [3.63, 3.8) is 0 Å². The summed E-state index contributed by atoms with van der Waals surface area (Å²) in [6.07, 6.45) is 1.38. The Morgan fingerprint density at radius 2 is 1.80 bits per heavy atom. The van der Waals surface area contributed by atoms with Gasteiger partial charge in [0, 0.05) is 12.6 Å². The number of nitrogens with one attached hydrogen (secondary N) is 1. The van der Waals surface area contributed by atoms with Gasteiger partial charge in [0.05, 0.1) is 25.7 Å². The molecule has 2 rings (SSSR count). The highest BCUT2D eigenvalue weighted by Crippen LogP contribution is 2.27. The van der Waals surface area contributed by atoms with Gasteiger partial charge in [-0.05, 0) is 30.5 Å². The van der Waals surface area contributed by atoms with Crippen LogP contribution < -0.4 is 14.8 Å². The average Bonchev–Trinajstić information content (AvgIpc) is 2.45. The summed E-state index contributed by atoms with van der Waals surface area (Å²) in [6, 6.07) is 6.06. The monoisotopic (exact) mass is 299 g/mol. The van der Waals surface area contributed by atoms with E-state index in [0.717, 1.165) is 5.56 Å². The van der Waals surface area contributed by atoms with Crippen LogP contribution in [-0.4, -0.2) is 40.2 Å². The van der Waals surface area contributed by atoms with E-state index in [0.29, 0.717) is 30.9 Å². The fourth-order valence-corrected chi connectivity index (χ4v) is 3.84. The van der Waals surface area contributed by atoms with Crippen LogP contribution in [-0.2, 0) is 16.4 Å². The lowest BCUT2D eigenvalue weighted by molar-refractivity contribution is 0.354. The SMILES string of the molecule is COc1ccc(CNC2CCS(=O)(=O)CC2)cc1OC. The summed E-state index contributed by atoms with van der Waals surface area (Å²) >= 11 is 0. The first-order valence-electron chi connectivity index (χ1n) is 6.69. The number of rotatable bonds is 5. The molecule has 5 nitrogen and oxygen atoms in total. The van der Waals surface area contributed by atoms with Gasteiger partial charge in [0.15, 0.2) is 11.5 Å². The summed E-state index contributed by atoms with van der Waals surface area (Å²) in [7, 11) is 0.427. The molecular weight excluding hydrogens is 278 g/mol. The number of sulfone groups is 1. The van der Waals surface area contributed by atoms with Crippen molar-refractivity contribution in [2.24, 2.45) is 0 Å². The van der Waals surface area contributed by atoms with Gasteiger partial charge in [-0.1, -0.05) is 6.07 Å². The topological polar surface area (TPSA) is 64.6 Å². The van der Waals surface area contributed by atoms with Crippen LogP contribution in [0, 0.1) is 0 Å². The van der Waals surface area contributed by atoms with Crippen molar-refractivity contribution in [2.45, 2.75) is 25.4 Å². The lowest BCUT2D eigenvalue weighted by Crippen LogP contribution is -2.37. The minimum atomic E-state index is -2.79. The molecule has 0 radical (unpaired) electrons. The van der Waals surface area contributed by atoms with Crippen LogP contribution in [0.2, 0.25) is 0 Å². The molecule has 0 bridgehead atoms. The van der Waals surface area contributed by atoms with E-state index in [9.17, 15) is 8.42 Å². The Morgan fingerprint density at radius 1 is 1.15 bits per heavy atom. The highest BCUT2D eigenvalue weighted by molar-refractivity contribution is 7.91. The summed E-state index contributed by atoms with van der Waals surface area (Å²) in [6.45, 7) is 0.699. The first-order chi connectivity index (χ1) is 9.54. The standard InChI is InChI=1S/C14H21NO4S/c1-18-13-4-3-11(9-14(13)19-2)10-15-12-5-7-20(16,17)8-6-12/h3-4,9,12,15H,5-8,10H2,1-2H3. The first-order valence-corrected chi connectivity index (χ1v) is 8.51. The Kier molecular flexibility index (Phi) is 4.88. The number of hydrogen-bond acceptors (Lipinski definition) is 5. The lowest BCUT2D eigenvalue weighted by atomic mass is 10.1. The maximum Gasteiger partial charge on any atom is 0.161 e. The van der Waals surface area contributed by atoms with Crippen molar-refractivity contribution >= 4 is 9.84 Å². The third-order valence-corrected chi connectivity index (χ3v) is 5.31. The van der Waals surface area contributed by atoms with Crippen molar-refractivity contribution in [3.8, 4) is 11.5 Å². The van der Waals surface area contributed by atoms with Crippen LogP contribution in [0.15, 0.2) is 18.2 Å². The van der Waals surface area contributed by atoms with E-state index in [1.54, 1.807) is 14.2 Å². The molecule has 1 aromatic carbocycles. The highest BCUT2D eigenvalue weighted by atomic mass is 32.2. The van der Waals surface area contributed by atoms with Gasteiger partial charge in [-0.25, -0.2) is 8.42 Å². The molecule has 6 heteroatoms. The zero-order chi connectivity index (χ0) is 14.6. The van der Waals surface area contributed by atoms with Crippen molar-refractivity contribution in [1.29, 1.82) is 0 Å². The van der Waals surface area contributed by atoms with Crippen LogP contribution in [0.3, 0.4) is 0 Å². The fourth-order valence-electron chi connectivity index (χ4n) is 2.35. The summed E-state index contributed by atoms with van der Waals surface area (Å²) in [5, 5.41) is 3.40. The molecule has 1 saturated heterocycles. The van der Waals surface area contributed by atoms with E-state index in [1.807, 2.05) is 18.2 Å². The van der Waals surface area contributed by atoms with Gasteiger partial charge in [0.25, 0.3) is 0 Å². The van der Waals surface area contributed by atoms with E-state index >= 15 is 0 Å². The smallest absolute Gasteiger partial charge is 0.161 e. The fraction of sp³-hybridized carbons (Fsp3) is 0.571. The minimum Gasteiger partial charge on any atom is -0.493 e. The van der Waals surface area contributed by atoms with Crippen LogP contribution in [0.4, 0.5) is 0 Å². The van der Waals surface area contributed by atoms with E-state index in [2.05, 4.69) is 5.32 Å². The van der Waals surface area contributed by atoms with Gasteiger partial charge in [-0.15, -0.1) is 0 Å². The molecule has 112 valence electrons. The minimum absolute atomic E-state index is 0.270. The Morgan fingerprint density at radius 3 is 2.40 bits per heavy atom. The lowest BCUT2D eigenvalue weighted by Gasteiger charge is -2.23. The van der Waals surface area contributed by atoms with E-state index in [-0.39, 0.29) is 17.5 Å². The maximum atomic E-state index is 11.4. The molecule has 1 N–H and O–H groups in total. The second-order valence-corrected chi connectivity index (χ2v) is 7.30. The molecule has 1 fully saturated rings. The number of benzene rings is 1. The van der Waals surface area contributed by atoms with Gasteiger partial charge in [-0.2, -0.15) is 0 Å². The van der Waals surface area contributed by atoms with Gasteiger partial charge >= 0.3 is 0 Å². The Bertz CT molecular complexity index is 542. The Labute approximate surface area is 120 Å². The average molecular weight is 299 g/mol. The summed E-state index contributed by atoms with van der Waals surface area (Å²) in [4.78, 5) is 0. The second-order valence-electron chi connectivity index (χ2n) is 5.00. The van der Waals surface area contributed by atoms with Gasteiger partial charge in [0.2, 0.25) is 0 Å².